The van der Waals surface area contributed by atoms with Gasteiger partial charge in [-0.05, 0) is 22.4 Å². The molecule has 0 aromatic carbocycles. The fourth-order valence-electron chi connectivity index (χ4n) is 1.46. The van der Waals surface area contributed by atoms with Crippen LogP contribution in [-0.2, 0) is 4.79 Å². The number of anilines is 2. The quantitative estimate of drug-likeness (QED) is 0.862. The number of hydrogen-bond acceptors (Lipinski definition) is 4. The highest BCUT2D eigenvalue weighted by molar-refractivity contribution is 9.10. The van der Waals surface area contributed by atoms with Crippen molar-refractivity contribution in [1.29, 1.82) is 0 Å². The van der Waals surface area contributed by atoms with Crippen molar-refractivity contribution >= 4 is 33.2 Å². The molecule has 1 aromatic rings. The van der Waals surface area contributed by atoms with E-state index < -0.39 is 0 Å². The van der Waals surface area contributed by atoms with Crippen molar-refractivity contribution in [2.45, 2.75) is 13.3 Å². The summed E-state index contributed by atoms with van der Waals surface area (Å²) in [4.78, 5) is 17.3. The summed E-state index contributed by atoms with van der Waals surface area (Å²) >= 11 is 3.37. The summed E-state index contributed by atoms with van der Waals surface area (Å²) in [6.45, 7) is 2.98. The van der Waals surface area contributed by atoms with E-state index in [1.165, 1.54) is 0 Å². The molecule has 0 spiro atoms. The number of pyridine rings is 1. The van der Waals surface area contributed by atoms with Crippen molar-refractivity contribution in [2.24, 2.45) is 0 Å². The summed E-state index contributed by atoms with van der Waals surface area (Å²) in [7, 11) is 1.82. The number of aromatic nitrogens is 1. The lowest BCUT2D eigenvalue weighted by molar-refractivity contribution is -0.119. The Labute approximate surface area is 110 Å². The van der Waals surface area contributed by atoms with Crippen LogP contribution in [0.25, 0.3) is 0 Å². The number of nitrogen functional groups attached to an aromatic ring is 1. The minimum absolute atomic E-state index is 0.0162. The second-order valence-corrected chi connectivity index (χ2v) is 4.62. The molecule has 0 radical (unpaired) electrons. The van der Waals surface area contributed by atoms with Gasteiger partial charge in [0.25, 0.3) is 0 Å². The molecule has 0 aliphatic rings. The first-order valence-corrected chi connectivity index (χ1v) is 6.22. The molecule has 1 rings (SSSR count). The second kappa shape index (κ2) is 6.44. The Morgan fingerprint density at radius 2 is 2.29 bits per heavy atom. The zero-order valence-corrected chi connectivity index (χ0v) is 11.6. The van der Waals surface area contributed by atoms with Gasteiger partial charge in [-0.25, -0.2) is 0 Å². The van der Waals surface area contributed by atoms with Crippen LogP contribution in [-0.4, -0.2) is 31.0 Å². The first kappa shape index (κ1) is 13.8. The van der Waals surface area contributed by atoms with Gasteiger partial charge in [0.05, 0.1) is 28.6 Å². The van der Waals surface area contributed by atoms with Crippen molar-refractivity contribution < 1.29 is 4.79 Å². The molecular formula is C11H17BrN4O. The molecule has 17 heavy (non-hydrogen) atoms. The molecule has 0 bridgehead atoms. The molecule has 6 heteroatoms. The van der Waals surface area contributed by atoms with Crippen LogP contribution < -0.4 is 16.0 Å². The van der Waals surface area contributed by atoms with Crippen LogP contribution in [0.15, 0.2) is 16.9 Å². The number of halogens is 1. The number of rotatable bonds is 5. The van der Waals surface area contributed by atoms with Crippen molar-refractivity contribution in [3.63, 3.8) is 0 Å². The first-order chi connectivity index (χ1) is 8.06. The van der Waals surface area contributed by atoms with Crippen LogP contribution >= 0.6 is 15.9 Å². The molecule has 3 N–H and O–H groups in total. The summed E-state index contributed by atoms with van der Waals surface area (Å²) in [5.41, 5.74) is 7.16. The normalized spacial score (nSPS) is 10.1. The standard InChI is InChI=1S/C11H17BrN4O/c1-3-4-15-10(17)7-16(2)11-8(12)5-14-6-9(11)13/h5-6H,3-4,7,13H2,1-2H3,(H,15,17). The molecular weight excluding hydrogens is 284 g/mol. The predicted octanol–water partition coefficient (Wildman–Crippen LogP) is 1.39. The monoisotopic (exact) mass is 300 g/mol. The molecule has 1 heterocycles. The van der Waals surface area contributed by atoms with E-state index >= 15 is 0 Å². The SMILES string of the molecule is CCCNC(=O)CN(C)c1c(N)cncc1Br. The molecule has 1 amide bonds. The molecule has 0 atom stereocenters. The minimum atomic E-state index is -0.0162. The number of carbonyl (C=O) groups excluding carboxylic acids is 1. The van der Waals surface area contributed by atoms with E-state index in [1.807, 2.05) is 14.0 Å². The van der Waals surface area contributed by atoms with Gasteiger partial charge in [0.15, 0.2) is 0 Å². The molecule has 0 fully saturated rings. The molecule has 0 saturated carbocycles. The minimum Gasteiger partial charge on any atom is -0.396 e. The molecule has 5 nitrogen and oxygen atoms in total. The van der Waals surface area contributed by atoms with E-state index in [9.17, 15) is 4.79 Å². The molecule has 94 valence electrons. The Morgan fingerprint density at radius 1 is 1.59 bits per heavy atom. The van der Waals surface area contributed by atoms with Crippen molar-refractivity contribution in [2.75, 3.05) is 30.8 Å². The van der Waals surface area contributed by atoms with Gasteiger partial charge >= 0.3 is 0 Å². The lowest BCUT2D eigenvalue weighted by Gasteiger charge is -2.21. The number of nitrogens with one attached hydrogen (secondary N) is 1. The Kier molecular flexibility index (Phi) is 5.21. The summed E-state index contributed by atoms with van der Waals surface area (Å²) < 4.78 is 0.781. The largest absolute Gasteiger partial charge is 0.396 e. The molecule has 0 unspecified atom stereocenters. The van der Waals surface area contributed by atoms with E-state index in [-0.39, 0.29) is 12.5 Å². The highest BCUT2D eigenvalue weighted by Gasteiger charge is 2.12. The third-order valence-electron chi connectivity index (χ3n) is 2.24. The highest BCUT2D eigenvalue weighted by Crippen LogP contribution is 2.29. The maximum absolute atomic E-state index is 11.6. The van der Waals surface area contributed by atoms with Crippen LogP contribution in [0.3, 0.4) is 0 Å². The van der Waals surface area contributed by atoms with Gasteiger partial charge in [-0.2, -0.15) is 0 Å². The number of carbonyl (C=O) groups is 1. The van der Waals surface area contributed by atoms with Gasteiger partial charge < -0.3 is 16.0 Å². The molecule has 1 aromatic heterocycles. The van der Waals surface area contributed by atoms with E-state index in [1.54, 1.807) is 17.3 Å². The maximum Gasteiger partial charge on any atom is 0.239 e. The average Bonchev–Trinajstić information content (AvgIpc) is 2.26. The third-order valence-corrected chi connectivity index (χ3v) is 2.82. The lowest BCUT2D eigenvalue weighted by atomic mass is 10.3. The maximum atomic E-state index is 11.6. The van der Waals surface area contributed by atoms with Crippen LogP contribution in [0.5, 0.6) is 0 Å². The molecule has 0 saturated heterocycles. The Bertz CT molecular complexity index is 377. The van der Waals surface area contributed by atoms with E-state index in [2.05, 4.69) is 26.2 Å². The number of hydrogen-bond donors (Lipinski definition) is 2. The molecule has 0 aliphatic carbocycles. The van der Waals surface area contributed by atoms with Crippen molar-refractivity contribution in [1.82, 2.24) is 10.3 Å². The molecule has 0 aliphatic heterocycles. The fraction of sp³-hybridized carbons (Fsp3) is 0.455. The van der Waals surface area contributed by atoms with Gasteiger partial charge in [0.1, 0.15) is 0 Å². The fourth-order valence-corrected chi connectivity index (χ4v) is 2.11. The van der Waals surface area contributed by atoms with Gasteiger partial charge in [-0.3, -0.25) is 9.78 Å². The van der Waals surface area contributed by atoms with Gasteiger partial charge in [0, 0.05) is 19.8 Å². The van der Waals surface area contributed by atoms with E-state index in [0.29, 0.717) is 12.2 Å². The number of nitrogens with zero attached hydrogens (tertiary/aromatic N) is 2. The average molecular weight is 301 g/mol. The van der Waals surface area contributed by atoms with Gasteiger partial charge in [-0.15, -0.1) is 0 Å². The van der Waals surface area contributed by atoms with Gasteiger partial charge in [0.2, 0.25) is 5.91 Å². The van der Waals surface area contributed by atoms with Crippen LogP contribution in [0.4, 0.5) is 11.4 Å². The Morgan fingerprint density at radius 3 is 2.88 bits per heavy atom. The number of amides is 1. The van der Waals surface area contributed by atoms with Gasteiger partial charge in [-0.1, -0.05) is 6.92 Å². The number of nitrogens with two attached hydrogens (primary N) is 1. The number of likely N-dealkylation sites (N-methyl/N-ethyl adjacent to an activating group) is 1. The smallest absolute Gasteiger partial charge is 0.239 e. The second-order valence-electron chi connectivity index (χ2n) is 3.77. The highest BCUT2D eigenvalue weighted by atomic mass is 79.9. The third kappa shape index (κ3) is 3.89. The van der Waals surface area contributed by atoms with Crippen molar-refractivity contribution in [3.05, 3.63) is 16.9 Å². The predicted molar refractivity (Wildman–Crippen MR) is 72.9 cm³/mol. The zero-order chi connectivity index (χ0) is 12.8. The summed E-state index contributed by atoms with van der Waals surface area (Å²) in [6.07, 6.45) is 4.16. The van der Waals surface area contributed by atoms with Crippen LogP contribution in [0.2, 0.25) is 0 Å². The van der Waals surface area contributed by atoms with Crippen molar-refractivity contribution in [3.8, 4) is 0 Å². The zero-order valence-electron chi connectivity index (χ0n) is 10.0. The lowest BCUT2D eigenvalue weighted by Crippen LogP contribution is -2.35. The van der Waals surface area contributed by atoms with E-state index in [0.717, 1.165) is 16.6 Å². The summed E-state index contributed by atoms with van der Waals surface area (Å²) in [5.74, 6) is -0.0162. The topological polar surface area (TPSA) is 71.2 Å². The van der Waals surface area contributed by atoms with E-state index in [4.69, 9.17) is 5.73 Å². The Balaban J connectivity index is 2.69. The van der Waals surface area contributed by atoms with Crippen LogP contribution in [0, 0.1) is 0 Å². The summed E-state index contributed by atoms with van der Waals surface area (Å²) in [6, 6.07) is 0. The van der Waals surface area contributed by atoms with Crippen LogP contribution in [0.1, 0.15) is 13.3 Å². The first-order valence-electron chi connectivity index (χ1n) is 5.43. The Hall–Kier alpha value is -1.30. The summed E-state index contributed by atoms with van der Waals surface area (Å²) in [5, 5.41) is 2.82.